The highest BCUT2D eigenvalue weighted by Gasteiger charge is 2.23. The molecular weight excluding hydrogens is 371 g/mol. The third-order valence-corrected chi connectivity index (χ3v) is 5.80. The van der Waals surface area contributed by atoms with Crippen LogP contribution in [0.2, 0.25) is 10.0 Å². The standard InChI is InChI=1S/C20H22Cl2N2O2/c21-17-11-14(3-4-18(17)23-15-6-9-26-10-7-15)16-5-8-24(12-13-1-2-13)20(25)19(16)22/h3-5,8,11,13,15,23H,1-2,6-7,9-10,12H2. The van der Waals surface area contributed by atoms with Crippen molar-refractivity contribution < 1.29 is 4.74 Å². The molecule has 6 heteroatoms. The summed E-state index contributed by atoms with van der Waals surface area (Å²) in [4.78, 5) is 12.5. The summed E-state index contributed by atoms with van der Waals surface area (Å²) in [6.07, 6.45) is 6.18. The smallest absolute Gasteiger partial charge is 0.269 e. The molecule has 1 saturated carbocycles. The normalized spacial score (nSPS) is 18.1. The van der Waals surface area contributed by atoms with Crippen molar-refractivity contribution in [2.24, 2.45) is 5.92 Å². The Morgan fingerprint density at radius 1 is 1.12 bits per heavy atom. The minimum atomic E-state index is -0.128. The first-order valence-corrected chi connectivity index (χ1v) is 9.90. The predicted molar refractivity (Wildman–Crippen MR) is 106 cm³/mol. The lowest BCUT2D eigenvalue weighted by molar-refractivity contribution is 0.0904. The zero-order valence-electron chi connectivity index (χ0n) is 14.5. The maximum atomic E-state index is 12.5. The second kappa shape index (κ2) is 7.63. The van der Waals surface area contributed by atoms with E-state index in [0.717, 1.165) is 49.4 Å². The van der Waals surface area contributed by atoms with Crippen LogP contribution in [0.1, 0.15) is 25.7 Å². The van der Waals surface area contributed by atoms with Crippen molar-refractivity contribution in [1.29, 1.82) is 0 Å². The van der Waals surface area contributed by atoms with Crippen LogP contribution >= 0.6 is 23.2 Å². The van der Waals surface area contributed by atoms with E-state index in [-0.39, 0.29) is 10.6 Å². The number of ether oxygens (including phenoxy) is 1. The number of nitrogens with zero attached hydrogens (tertiary/aromatic N) is 1. The van der Waals surface area contributed by atoms with Gasteiger partial charge in [0.05, 0.1) is 10.7 Å². The van der Waals surface area contributed by atoms with E-state index < -0.39 is 0 Å². The molecule has 0 unspecified atom stereocenters. The summed E-state index contributed by atoms with van der Waals surface area (Å²) in [5.41, 5.74) is 2.36. The number of pyridine rings is 1. The first-order chi connectivity index (χ1) is 12.6. The summed E-state index contributed by atoms with van der Waals surface area (Å²) in [6.45, 7) is 2.31. The summed E-state index contributed by atoms with van der Waals surface area (Å²) in [7, 11) is 0. The number of halogens is 2. The lowest BCUT2D eigenvalue weighted by Crippen LogP contribution is -2.27. The van der Waals surface area contributed by atoms with Gasteiger partial charge in [-0.3, -0.25) is 4.79 Å². The Hall–Kier alpha value is -1.49. The van der Waals surface area contributed by atoms with Gasteiger partial charge in [0.25, 0.3) is 5.56 Å². The van der Waals surface area contributed by atoms with Crippen LogP contribution in [-0.4, -0.2) is 23.8 Å². The number of hydrogen-bond acceptors (Lipinski definition) is 3. The Morgan fingerprint density at radius 3 is 2.58 bits per heavy atom. The minimum Gasteiger partial charge on any atom is -0.381 e. The number of nitrogens with one attached hydrogen (secondary N) is 1. The molecule has 138 valence electrons. The number of benzene rings is 1. The van der Waals surface area contributed by atoms with Crippen LogP contribution < -0.4 is 10.9 Å². The molecule has 1 aromatic carbocycles. The van der Waals surface area contributed by atoms with E-state index in [9.17, 15) is 4.79 Å². The molecule has 1 N–H and O–H groups in total. The third kappa shape index (κ3) is 3.93. The monoisotopic (exact) mass is 392 g/mol. The van der Waals surface area contributed by atoms with Crippen LogP contribution in [0, 0.1) is 5.92 Å². The first kappa shape index (κ1) is 17.9. The Morgan fingerprint density at radius 2 is 1.88 bits per heavy atom. The van der Waals surface area contributed by atoms with Crippen molar-refractivity contribution in [2.45, 2.75) is 38.3 Å². The van der Waals surface area contributed by atoms with Crippen molar-refractivity contribution >= 4 is 28.9 Å². The van der Waals surface area contributed by atoms with E-state index in [2.05, 4.69) is 5.32 Å². The van der Waals surface area contributed by atoms with Crippen molar-refractivity contribution in [1.82, 2.24) is 4.57 Å². The number of rotatable bonds is 5. The Balaban J connectivity index is 1.56. The molecule has 2 aliphatic rings. The van der Waals surface area contributed by atoms with E-state index >= 15 is 0 Å². The molecule has 4 nitrogen and oxygen atoms in total. The van der Waals surface area contributed by atoms with Gasteiger partial charge in [-0.1, -0.05) is 29.3 Å². The van der Waals surface area contributed by atoms with E-state index in [1.165, 1.54) is 12.8 Å². The Labute approximate surface area is 163 Å². The summed E-state index contributed by atoms with van der Waals surface area (Å²) in [6, 6.07) is 8.07. The van der Waals surface area contributed by atoms with Crippen molar-refractivity contribution in [2.75, 3.05) is 18.5 Å². The lowest BCUT2D eigenvalue weighted by atomic mass is 10.1. The van der Waals surface area contributed by atoms with Crippen LogP contribution in [0.15, 0.2) is 35.3 Å². The highest BCUT2D eigenvalue weighted by Crippen LogP contribution is 2.33. The quantitative estimate of drug-likeness (QED) is 0.792. The number of hydrogen-bond donors (Lipinski definition) is 1. The second-order valence-electron chi connectivity index (χ2n) is 7.17. The molecule has 1 aliphatic heterocycles. The van der Waals surface area contributed by atoms with Crippen LogP contribution in [0.5, 0.6) is 0 Å². The van der Waals surface area contributed by atoms with Crippen molar-refractivity contribution in [3.63, 3.8) is 0 Å². The number of aromatic nitrogens is 1. The van der Waals surface area contributed by atoms with Gasteiger partial charge in [-0.25, -0.2) is 0 Å². The minimum absolute atomic E-state index is 0.128. The van der Waals surface area contributed by atoms with Crippen LogP contribution in [-0.2, 0) is 11.3 Å². The zero-order chi connectivity index (χ0) is 18.1. The van der Waals surface area contributed by atoms with Gasteiger partial charge in [-0.05, 0) is 55.4 Å². The molecule has 0 radical (unpaired) electrons. The van der Waals surface area contributed by atoms with Crippen LogP contribution in [0.3, 0.4) is 0 Å². The highest BCUT2D eigenvalue weighted by molar-refractivity contribution is 6.34. The summed E-state index contributed by atoms with van der Waals surface area (Å²) in [5.74, 6) is 0.625. The first-order valence-electron chi connectivity index (χ1n) is 9.15. The maximum Gasteiger partial charge on any atom is 0.269 e. The average molecular weight is 393 g/mol. The number of anilines is 1. The lowest BCUT2D eigenvalue weighted by Gasteiger charge is -2.24. The molecule has 2 aromatic rings. The topological polar surface area (TPSA) is 43.3 Å². The summed E-state index contributed by atoms with van der Waals surface area (Å²) in [5, 5.41) is 4.37. The molecule has 1 saturated heterocycles. The van der Waals surface area contributed by atoms with Gasteiger partial charge >= 0.3 is 0 Å². The van der Waals surface area contributed by atoms with Crippen LogP contribution in [0.4, 0.5) is 5.69 Å². The van der Waals surface area contributed by atoms with E-state index in [1.807, 2.05) is 30.5 Å². The van der Waals surface area contributed by atoms with Crippen LogP contribution in [0.25, 0.3) is 11.1 Å². The van der Waals surface area contributed by atoms with Gasteiger partial charge < -0.3 is 14.6 Å². The van der Waals surface area contributed by atoms with E-state index in [1.54, 1.807) is 4.57 Å². The molecule has 0 bridgehead atoms. The van der Waals surface area contributed by atoms with Crippen molar-refractivity contribution in [3.05, 3.63) is 50.9 Å². The molecule has 0 atom stereocenters. The average Bonchev–Trinajstić information content (AvgIpc) is 3.46. The van der Waals surface area contributed by atoms with Gasteiger partial charge in [0.1, 0.15) is 5.02 Å². The molecule has 0 amide bonds. The fourth-order valence-electron chi connectivity index (χ4n) is 3.35. The van der Waals surface area contributed by atoms with Gasteiger partial charge in [0.2, 0.25) is 0 Å². The highest BCUT2D eigenvalue weighted by atomic mass is 35.5. The SMILES string of the molecule is O=c1c(Cl)c(-c2ccc(NC3CCOCC3)c(Cl)c2)ccn1CC1CC1. The maximum absolute atomic E-state index is 12.5. The van der Waals surface area contributed by atoms with Gasteiger partial charge in [0, 0.05) is 37.6 Å². The molecule has 0 spiro atoms. The molecule has 4 rings (SSSR count). The third-order valence-electron chi connectivity index (χ3n) is 5.12. The predicted octanol–water partition coefficient (Wildman–Crippen LogP) is 4.82. The van der Waals surface area contributed by atoms with E-state index in [0.29, 0.717) is 17.0 Å². The second-order valence-corrected chi connectivity index (χ2v) is 7.96. The molecule has 2 heterocycles. The Kier molecular flexibility index (Phi) is 5.25. The molecule has 2 fully saturated rings. The zero-order valence-corrected chi connectivity index (χ0v) is 16.0. The molecule has 26 heavy (non-hydrogen) atoms. The molecular formula is C20H22Cl2N2O2. The summed E-state index contributed by atoms with van der Waals surface area (Å²) < 4.78 is 7.10. The van der Waals surface area contributed by atoms with Gasteiger partial charge in [-0.15, -0.1) is 0 Å². The van der Waals surface area contributed by atoms with E-state index in [4.69, 9.17) is 27.9 Å². The largest absolute Gasteiger partial charge is 0.381 e. The fourth-order valence-corrected chi connectivity index (χ4v) is 3.87. The molecule has 1 aromatic heterocycles. The fraction of sp³-hybridized carbons (Fsp3) is 0.450. The van der Waals surface area contributed by atoms with Crippen molar-refractivity contribution in [3.8, 4) is 11.1 Å². The van der Waals surface area contributed by atoms with Gasteiger partial charge in [-0.2, -0.15) is 0 Å². The summed E-state index contributed by atoms with van der Waals surface area (Å²) >= 11 is 12.9. The molecule has 1 aliphatic carbocycles. The van der Waals surface area contributed by atoms with Gasteiger partial charge in [0.15, 0.2) is 0 Å². The Bertz CT molecular complexity index is 855.